The lowest BCUT2D eigenvalue weighted by atomic mass is 10.4. The van der Waals surface area contributed by atoms with Gasteiger partial charge in [-0.2, -0.15) is 5.10 Å². The highest BCUT2D eigenvalue weighted by molar-refractivity contribution is 9.10. The minimum absolute atomic E-state index is 0.210. The summed E-state index contributed by atoms with van der Waals surface area (Å²) in [6.45, 7) is 1.64. The van der Waals surface area contributed by atoms with Crippen LogP contribution < -0.4 is 0 Å². The monoisotopic (exact) mass is 321 g/mol. The Labute approximate surface area is 110 Å². The average Bonchev–Trinajstić information content (AvgIpc) is 2.64. The van der Waals surface area contributed by atoms with E-state index in [4.69, 9.17) is 11.6 Å². The van der Waals surface area contributed by atoms with Crippen molar-refractivity contribution in [3.63, 3.8) is 0 Å². The zero-order valence-corrected chi connectivity index (χ0v) is 11.0. The highest BCUT2D eigenvalue weighted by atomic mass is 79.9. The summed E-state index contributed by atoms with van der Waals surface area (Å²) in [4.78, 5) is 3.99. The zero-order valence-electron chi connectivity index (χ0n) is 8.66. The smallest absolute Gasteiger partial charge is 0.216 e. The van der Waals surface area contributed by atoms with Crippen LogP contribution in [0.25, 0.3) is 5.82 Å². The Morgan fingerprint density at radius 3 is 2.76 bits per heavy atom. The molecule has 3 nitrogen and oxygen atoms in total. The first kappa shape index (κ1) is 12.4. The summed E-state index contributed by atoms with van der Waals surface area (Å²) in [5.41, 5.74) is 0.284. The lowest BCUT2D eigenvalue weighted by Gasteiger charge is -2.07. The van der Waals surface area contributed by atoms with Crippen LogP contribution in [0, 0.1) is 6.92 Å². The number of aryl methyl sites for hydroxylation is 1. The topological polar surface area (TPSA) is 30.7 Å². The summed E-state index contributed by atoms with van der Waals surface area (Å²) in [5.74, 6) is 0.251. The molecule has 0 aliphatic heterocycles. The second-order valence-corrected chi connectivity index (χ2v) is 4.60. The van der Waals surface area contributed by atoms with Crippen LogP contribution in [0.5, 0.6) is 0 Å². The molecule has 2 heterocycles. The molecule has 2 aromatic rings. The molecule has 17 heavy (non-hydrogen) atoms. The highest BCUT2D eigenvalue weighted by Crippen LogP contribution is 2.27. The van der Waals surface area contributed by atoms with Gasteiger partial charge in [-0.05, 0) is 41.1 Å². The van der Waals surface area contributed by atoms with E-state index in [2.05, 4.69) is 26.0 Å². The number of nitrogens with zero attached hydrogens (tertiary/aromatic N) is 3. The van der Waals surface area contributed by atoms with Crippen molar-refractivity contribution in [2.45, 2.75) is 13.3 Å². The molecule has 0 bridgehead atoms. The van der Waals surface area contributed by atoms with Crippen LogP contribution in [0.15, 0.2) is 22.7 Å². The molecule has 0 radical (unpaired) electrons. The Hall–Kier alpha value is -1.01. The first-order valence-corrected chi connectivity index (χ1v) is 5.83. The fourth-order valence-electron chi connectivity index (χ4n) is 1.40. The number of rotatable bonds is 2. The Kier molecular flexibility index (Phi) is 3.44. The van der Waals surface area contributed by atoms with Gasteiger partial charge < -0.3 is 0 Å². The lowest BCUT2D eigenvalue weighted by Crippen LogP contribution is -2.06. The molecular weight excluding hydrogens is 315 g/mol. The van der Waals surface area contributed by atoms with Gasteiger partial charge in [0.2, 0.25) is 0 Å². The normalized spacial score (nSPS) is 11.2. The molecule has 0 amide bonds. The third-order valence-corrected chi connectivity index (χ3v) is 2.91. The van der Waals surface area contributed by atoms with E-state index in [9.17, 15) is 8.78 Å². The maximum atomic E-state index is 12.8. The van der Waals surface area contributed by atoms with Gasteiger partial charge in [0.25, 0.3) is 6.43 Å². The fraction of sp³-hybridized carbons (Fsp3) is 0.200. The molecule has 2 rings (SSSR count). The maximum absolute atomic E-state index is 12.8. The summed E-state index contributed by atoms with van der Waals surface area (Å²) in [6, 6.07) is 4.52. The zero-order chi connectivity index (χ0) is 12.6. The second-order valence-electron chi connectivity index (χ2n) is 3.36. The summed E-state index contributed by atoms with van der Waals surface area (Å²) in [7, 11) is 0. The van der Waals surface area contributed by atoms with E-state index in [1.165, 1.54) is 6.07 Å². The molecule has 0 spiro atoms. The van der Waals surface area contributed by atoms with Gasteiger partial charge in [0, 0.05) is 0 Å². The highest BCUT2D eigenvalue weighted by Gasteiger charge is 2.19. The molecule has 0 saturated heterocycles. The van der Waals surface area contributed by atoms with Crippen LogP contribution >= 0.6 is 27.5 Å². The van der Waals surface area contributed by atoms with Crippen molar-refractivity contribution >= 4 is 27.5 Å². The van der Waals surface area contributed by atoms with E-state index in [-0.39, 0.29) is 16.7 Å². The Morgan fingerprint density at radius 2 is 2.12 bits per heavy atom. The van der Waals surface area contributed by atoms with Crippen LogP contribution in [0.2, 0.25) is 5.15 Å². The quantitative estimate of drug-likeness (QED) is 0.784. The van der Waals surface area contributed by atoms with Crippen molar-refractivity contribution in [1.82, 2.24) is 14.8 Å². The SMILES string of the molecule is Cc1cc(C(F)F)n(-c2nc(Cl)ccc2Br)n1. The van der Waals surface area contributed by atoms with Crippen molar-refractivity contribution in [3.05, 3.63) is 39.2 Å². The molecule has 2 aromatic heterocycles. The summed E-state index contributed by atoms with van der Waals surface area (Å²) in [5, 5.41) is 4.21. The van der Waals surface area contributed by atoms with Crippen LogP contribution in [0.4, 0.5) is 8.78 Å². The summed E-state index contributed by atoms with van der Waals surface area (Å²) >= 11 is 8.98. The minimum Gasteiger partial charge on any atom is -0.216 e. The lowest BCUT2D eigenvalue weighted by molar-refractivity contribution is 0.142. The summed E-state index contributed by atoms with van der Waals surface area (Å²) < 4.78 is 27.3. The molecule has 90 valence electrons. The Bertz CT molecular complexity index is 556. The minimum atomic E-state index is -2.62. The van der Waals surface area contributed by atoms with Gasteiger partial charge >= 0.3 is 0 Å². The maximum Gasteiger partial charge on any atom is 0.280 e. The third-order valence-electron chi connectivity index (χ3n) is 2.08. The number of hydrogen-bond donors (Lipinski definition) is 0. The van der Waals surface area contributed by atoms with Gasteiger partial charge in [-0.3, -0.25) is 0 Å². The van der Waals surface area contributed by atoms with Gasteiger partial charge in [0.15, 0.2) is 5.82 Å². The van der Waals surface area contributed by atoms with E-state index in [0.29, 0.717) is 10.2 Å². The number of alkyl halides is 2. The molecular formula is C10H7BrClF2N3. The van der Waals surface area contributed by atoms with E-state index < -0.39 is 6.43 Å². The van der Waals surface area contributed by atoms with E-state index in [1.54, 1.807) is 19.1 Å². The van der Waals surface area contributed by atoms with Gasteiger partial charge in [0.1, 0.15) is 10.8 Å². The van der Waals surface area contributed by atoms with Crippen molar-refractivity contribution < 1.29 is 8.78 Å². The number of aromatic nitrogens is 3. The predicted molar refractivity (Wildman–Crippen MR) is 63.8 cm³/mol. The van der Waals surface area contributed by atoms with Crippen LogP contribution in [0.3, 0.4) is 0 Å². The molecule has 0 saturated carbocycles. The molecule has 7 heteroatoms. The van der Waals surface area contributed by atoms with Crippen LogP contribution in [-0.4, -0.2) is 14.8 Å². The van der Waals surface area contributed by atoms with Gasteiger partial charge in [-0.15, -0.1) is 0 Å². The number of pyridine rings is 1. The third kappa shape index (κ3) is 2.47. The first-order valence-electron chi connectivity index (χ1n) is 4.66. The van der Waals surface area contributed by atoms with E-state index in [0.717, 1.165) is 4.68 Å². The van der Waals surface area contributed by atoms with Gasteiger partial charge in [0.05, 0.1) is 10.2 Å². The second kappa shape index (κ2) is 4.70. The van der Waals surface area contributed by atoms with Gasteiger partial charge in [-0.25, -0.2) is 18.4 Å². The average molecular weight is 323 g/mol. The Balaban J connectivity index is 2.63. The Morgan fingerprint density at radius 1 is 1.41 bits per heavy atom. The first-order chi connectivity index (χ1) is 7.99. The summed E-state index contributed by atoms with van der Waals surface area (Å²) in [6.07, 6.45) is -2.62. The van der Waals surface area contributed by atoms with Crippen molar-refractivity contribution in [1.29, 1.82) is 0 Å². The van der Waals surface area contributed by atoms with Crippen molar-refractivity contribution in [3.8, 4) is 5.82 Å². The van der Waals surface area contributed by atoms with Crippen molar-refractivity contribution in [2.75, 3.05) is 0 Å². The molecule has 0 aromatic carbocycles. The predicted octanol–water partition coefficient (Wildman–Crippen LogP) is 3.93. The van der Waals surface area contributed by atoms with E-state index in [1.807, 2.05) is 0 Å². The van der Waals surface area contributed by atoms with Gasteiger partial charge in [-0.1, -0.05) is 11.6 Å². The van der Waals surface area contributed by atoms with Crippen molar-refractivity contribution in [2.24, 2.45) is 0 Å². The fourth-order valence-corrected chi connectivity index (χ4v) is 1.93. The number of halogens is 4. The molecule has 0 unspecified atom stereocenters. The van der Waals surface area contributed by atoms with Crippen LogP contribution in [0.1, 0.15) is 17.8 Å². The van der Waals surface area contributed by atoms with E-state index >= 15 is 0 Å². The molecule has 0 fully saturated rings. The number of hydrogen-bond acceptors (Lipinski definition) is 2. The largest absolute Gasteiger partial charge is 0.280 e. The molecule has 0 N–H and O–H groups in total. The van der Waals surface area contributed by atoms with Crippen LogP contribution in [-0.2, 0) is 0 Å². The standard InChI is InChI=1S/C10H7BrClF2N3/c1-5-4-7(9(13)14)17(16-5)10-6(11)2-3-8(12)15-10/h2-4,9H,1H3. The molecule has 0 aliphatic rings. The molecule has 0 aliphatic carbocycles. The molecule has 0 atom stereocenters.